The minimum Gasteiger partial charge on any atom is -0.374 e. The number of hydrogen-bond donors (Lipinski definition) is 2. The number of nitro benzene ring substituents is 1. The molecule has 2 unspecified atom stereocenters. The largest absolute Gasteiger partial charge is 0.374 e. The number of rotatable bonds is 5. The molecule has 1 aromatic rings. The van der Waals surface area contributed by atoms with Gasteiger partial charge in [0.05, 0.1) is 4.92 Å². The van der Waals surface area contributed by atoms with Gasteiger partial charge in [0.1, 0.15) is 0 Å². The summed E-state index contributed by atoms with van der Waals surface area (Å²) in [5.41, 5.74) is -0.819. The van der Waals surface area contributed by atoms with Crippen LogP contribution in [0.3, 0.4) is 0 Å². The fourth-order valence-corrected chi connectivity index (χ4v) is 2.69. The number of nitro groups is 1. The summed E-state index contributed by atoms with van der Waals surface area (Å²) in [5.74, 6) is -2.29. The van der Waals surface area contributed by atoms with Gasteiger partial charge in [0.2, 0.25) is 0 Å². The molecular weight excluding hydrogens is 280 g/mol. The molecule has 0 bridgehead atoms. The van der Waals surface area contributed by atoms with Gasteiger partial charge in [-0.3, -0.25) is 10.1 Å². The Labute approximate surface area is 121 Å². The maximum atomic E-state index is 13.8. The highest BCUT2D eigenvalue weighted by Gasteiger charge is 2.24. The third-order valence-corrected chi connectivity index (χ3v) is 3.71. The summed E-state index contributed by atoms with van der Waals surface area (Å²) in [6.07, 6.45) is 4.01. The second-order valence-electron chi connectivity index (χ2n) is 5.44. The van der Waals surface area contributed by atoms with Gasteiger partial charge >= 0.3 is 0 Å². The van der Waals surface area contributed by atoms with Crippen molar-refractivity contribution in [2.75, 3.05) is 11.9 Å². The smallest absolute Gasteiger partial charge is 0.295 e. The average molecular weight is 299 g/mol. The topological polar surface area (TPSA) is 67.2 Å². The number of nitrogens with zero attached hydrogens (tertiary/aromatic N) is 1. The maximum Gasteiger partial charge on any atom is 0.295 e. The molecule has 1 aliphatic heterocycles. The van der Waals surface area contributed by atoms with E-state index < -0.39 is 22.2 Å². The highest BCUT2D eigenvalue weighted by Crippen LogP contribution is 2.30. The number of benzene rings is 1. The van der Waals surface area contributed by atoms with Crippen LogP contribution in [0.15, 0.2) is 12.1 Å². The molecule has 0 aromatic heterocycles. The van der Waals surface area contributed by atoms with E-state index in [1.54, 1.807) is 0 Å². The molecule has 2 N–H and O–H groups in total. The minimum absolute atomic E-state index is 0.199. The first-order chi connectivity index (χ1) is 9.99. The van der Waals surface area contributed by atoms with Crippen LogP contribution in [0.5, 0.6) is 0 Å². The summed E-state index contributed by atoms with van der Waals surface area (Å²) < 4.78 is 27.1. The number of nitrogens with one attached hydrogen (secondary N) is 2. The zero-order valence-corrected chi connectivity index (χ0v) is 11.9. The van der Waals surface area contributed by atoms with Crippen molar-refractivity contribution in [3.63, 3.8) is 0 Å². The van der Waals surface area contributed by atoms with Crippen molar-refractivity contribution in [1.29, 1.82) is 0 Å². The van der Waals surface area contributed by atoms with Crippen LogP contribution in [0, 0.1) is 21.7 Å². The van der Waals surface area contributed by atoms with E-state index in [1.165, 1.54) is 0 Å². The summed E-state index contributed by atoms with van der Waals surface area (Å²) in [6.45, 7) is 2.76. The van der Waals surface area contributed by atoms with Gasteiger partial charge in [-0.25, -0.2) is 8.78 Å². The molecule has 1 fully saturated rings. The van der Waals surface area contributed by atoms with Gasteiger partial charge in [0, 0.05) is 18.2 Å². The number of piperidine rings is 1. The van der Waals surface area contributed by atoms with Crippen LogP contribution in [-0.2, 0) is 0 Å². The lowest BCUT2D eigenvalue weighted by atomic mass is 9.98. The van der Waals surface area contributed by atoms with Crippen molar-refractivity contribution in [1.82, 2.24) is 5.32 Å². The zero-order chi connectivity index (χ0) is 15.4. The fourth-order valence-electron chi connectivity index (χ4n) is 2.69. The van der Waals surface area contributed by atoms with Crippen LogP contribution < -0.4 is 10.6 Å². The number of anilines is 1. The van der Waals surface area contributed by atoms with Gasteiger partial charge in [-0.15, -0.1) is 0 Å². The van der Waals surface area contributed by atoms with Crippen molar-refractivity contribution < 1.29 is 13.7 Å². The van der Waals surface area contributed by atoms with Crippen molar-refractivity contribution in [3.05, 3.63) is 33.9 Å². The van der Waals surface area contributed by atoms with Crippen LogP contribution in [0.2, 0.25) is 0 Å². The summed E-state index contributed by atoms with van der Waals surface area (Å²) >= 11 is 0. The van der Waals surface area contributed by atoms with E-state index in [0.29, 0.717) is 12.5 Å². The van der Waals surface area contributed by atoms with E-state index in [0.717, 1.165) is 37.9 Å². The van der Waals surface area contributed by atoms with E-state index in [9.17, 15) is 18.9 Å². The van der Waals surface area contributed by atoms with Gasteiger partial charge in [-0.05, 0) is 38.8 Å². The monoisotopic (exact) mass is 299 g/mol. The summed E-state index contributed by atoms with van der Waals surface area (Å²) in [5, 5.41) is 17.0. The quantitative estimate of drug-likeness (QED) is 0.647. The molecule has 7 heteroatoms. The van der Waals surface area contributed by atoms with E-state index in [1.807, 2.05) is 6.92 Å². The Morgan fingerprint density at radius 3 is 2.86 bits per heavy atom. The van der Waals surface area contributed by atoms with Gasteiger partial charge < -0.3 is 10.6 Å². The molecule has 0 radical (unpaired) electrons. The second kappa shape index (κ2) is 6.80. The molecule has 2 rings (SSSR count). The predicted molar refractivity (Wildman–Crippen MR) is 76.4 cm³/mol. The molecule has 1 heterocycles. The Balaban J connectivity index is 2.10. The lowest BCUT2D eigenvalue weighted by Crippen LogP contribution is -2.37. The van der Waals surface area contributed by atoms with E-state index in [-0.39, 0.29) is 11.7 Å². The minimum atomic E-state index is -1.20. The van der Waals surface area contributed by atoms with Crippen LogP contribution in [0.1, 0.15) is 32.6 Å². The molecule has 21 heavy (non-hydrogen) atoms. The molecular formula is C14H19F2N3O2. The van der Waals surface area contributed by atoms with Crippen LogP contribution in [0.4, 0.5) is 20.2 Å². The van der Waals surface area contributed by atoms with E-state index >= 15 is 0 Å². The van der Waals surface area contributed by atoms with Crippen molar-refractivity contribution >= 4 is 11.4 Å². The normalized spacial score (nSPS) is 20.0. The zero-order valence-electron chi connectivity index (χ0n) is 11.9. The van der Waals surface area contributed by atoms with Crippen molar-refractivity contribution in [3.8, 4) is 0 Å². The average Bonchev–Trinajstić information content (AvgIpc) is 2.44. The molecule has 1 saturated heterocycles. The molecule has 1 aromatic carbocycles. The second-order valence-corrected chi connectivity index (χ2v) is 5.44. The standard InChI is InChI=1S/C14H19F2N3O2/c1-9(8-10-4-2-3-7-17-10)18-14-12(19(20)21)6-5-11(15)13(14)16/h5-6,9-10,17-18H,2-4,7-8H2,1H3. The highest BCUT2D eigenvalue weighted by atomic mass is 19.2. The molecule has 2 atom stereocenters. The maximum absolute atomic E-state index is 13.8. The van der Waals surface area contributed by atoms with Gasteiger partial charge in [0.25, 0.3) is 5.69 Å². The van der Waals surface area contributed by atoms with Crippen molar-refractivity contribution in [2.24, 2.45) is 0 Å². The Morgan fingerprint density at radius 2 is 2.24 bits per heavy atom. The van der Waals surface area contributed by atoms with Gasteiger partial charge in [-0.2, -0.15) is 0 Å². The Morgan fingerprint density at radius 1 is 1.48 bits per heavy atom. The lowest BCUT2D eigenvalue weighted by Gasteiger charge is -2.27. The molecule has 5 nitrogen and oxygen atoms in total. The first-order valence-electron chi connectivity index (χ1n) is 7.11. The summed E-state index contributed by atoms with van der Waals surface area (Å²) in [7, 11) is 0. The summed E-state index contributed by atoms with van der Waals surface area (Å²) in [6, 6.07) is 1.85. The lowest BCUT2D eigenvalue weighted by molar-refractivity contribution is -0.384. The number of hydrogen-bond acceptors (Lipinski definition) is 4. The van der Waals surface area contributed by atoms with Crippen LogP contribution in [-0.4, -0.2) is 23.6 Å². The molecule has 0 saturated carbocycles. The molecule has 0 amide bonds. The Hall–Kier alpha value is -1.76. The number of halogens is 2. The molecule has 1 aliphatic rings. The molecule has 0 spiro atoms. The molecule has 0 aliphatic carbocycles. The van der Waals surface area contributed by atoms with Crippen LogP contribution >= 0.6 is 0 Å². The first-order valence-corrected chi connectivity index (χ1v) is 7.11. The first kappa shape index (κ1) is 15.6. The predicted octanol–water partition coefficient (Wildman–Crippen LogP) is 3.21. The fraction of sp³-hybridized carbons (Fsp3) is 0.571. The molecule has 116 valence electrons. The van der Waals surface area contributed by atoms with Gasteiger partial charge in [0.15, 0.2) is 17.3 Å². The Kier molecular flexibility index (Phi) is 5.06. The third kappa shape index (κ3) is 3.87. The highest BCUT2D eigenvalue weighted by molar-refractivity contribution is 5.62. The summed E-state index contributed by atoms with van der Waals surface area (Å²) in [4.78, 5) is 10.2. The van der Waals surface area contributed by atoms with E-state index in [4.69, 9.17) is 0 Å². The van der Waals surface area contributed by atoms with Gasteiger partial charge in [-0.1, -0.05) is 6.42 Å². The Bertz CT molecular complexity index is 519. The van der Waals surface area contributed by atoms with E-state index in [2.05, 4.69) is 10.6 Å². The third-order valence-electron chi connectivity index (χ3n) is 3.71. The van der Waals surface area contributed by atoms with Crippen molar-refractivity contribution in [2.45, 2.75) is 44.7 Å². The van der Waals surface area contributed by atoms with Crippen LogP contribution in [0.25, 0.3) is 0 Å². The SMILES string of the molecule is CC(CC1CCCCN1)Nc1c([N+](=O)[O-])ccc(F)c1F.